The van der Waals surface area contributed by atoms with E-state index in [0.29, 0.717) is 24.5 Å². The van der Waals surface area contributed by atoms with Crippen LogP contribution in [0.1, 0.15) is 25.3 Å². The molecular weight excluding hydrogens is 318 g/mol. The van der Waals surface area contributed by atoms with Gasteiger partial charge in [-0.1, -0.05) is 13.3 Å². The van der Waals surface area contributed by atoms with Gasteiger partial charge in [0.05, 0.1) is 23.2 Å². The van der Waals surface area contributed by atoms with Gasteiger partial charge in [0.15, 0.2) is 11.5 Å². The SMILES string of the molecule is [CH2]Cc1c[nH]c2c(-c3c(OCCCC)ccc4c3OCO4)ncnc12. The fraction of sp³-hybridized carbons (Fsp3) is 0.316. The van der Waals surface area contributed by atoms with E-state index < -0.39 is 0 Å². The van der Waals surface area contributed by atoms with E-state index in [1.165, 1.54) is 0 Å². The monoisotopic (exact) mass is 338 g/mol. The molecule has 129 valence electrons. The highest BCUT2D eigenvalue weighted by Crippen LogP contribution is 2.47. The van der Waals surface area contributed by atoms with E-state index in [4.69, 9.17) is 14.2 Å². The highest BCUT2D eigenvalue weighted by Gasteiger charge is 2.26. The van der Waals surface area contributed by atoms with Gasteiger partial charge in [0.2, 0.25) is 6.79 Å². The molecule has 1 aliphatic heterocycles. The first-order valence-corrected chi connectivity index (χ1v) is 8.49. The van der Waals surface area contributed by atoms with Gasteiger partial charge in [-0.3, -0.25) is 0 Å². The first-order chi connectivity index (χ1) is 12.3. The zero-order valence-corrected chi connectivity index (χ0v) is 14.2. The Morgan fingerprint density at radius 3 is 3.04 bits per heavy atom. The molecule has 0 atom stereocenters. The van der Waals surface area contributed by atoms with E-state index >= 15 is 0 Å². The largest absolute Gasteiger partial charge is 0.493 e. The van der Waals surface area contributed by atoms with Gasteiger partial charge >= 0.3 is 0 Å². The Morgan fingerprint density at radius 2 is 2.20 bits per heavy atom. The summed E-state index contributed by atoms with van der Waals surface area (Å²) in [4.78, 5) is 12.2. The van der Waals surface area contributed by atoms with Crippen molar-refractivity contribution in [1.82, 2.24) is 15.0 Å². The van der Waals surface area contributed by atoms with E-state index in [9.17, 15) is 0 Å². The van der Waals surface area contributed by atoms with Gasteiger partial charge in [-0.05, 0) is 37.5 Å². The molecule has 0 fully saturated rings. The van der Waals surface area contributed by atoms with Crippen molar-refractivity contribution in [2.24, 2.45) is 0 Å². The van der Waals surface area contributed by atoms with Crippen LogP contribution in [0.2, 0.25) is 0 Å². The van der Waals surface area contributed by atoms with Crippen LogP contribution in [0.15, 0.2) is 24.7 Å². The minimum Gasteiger partial charge on any atom is -0.493 e. The Hall–Kier alpha value is -2.76. The standard InChI is InChI=1S/C19H20N3O3/c1-3-5-8-23-13-6-7-14-19(25-11-24-14)15(13)17-18-16(21-10-22-17)12(4-2)9-20-18/h6-7,9-10,20H,2-5,8,11H2,1H3. The second-order valence-corrected chi connectivity index (χ2v) is 5.88. The van der Waals surface area contributed by atoms with Gasteiger partial charge in [-0.25, -0.2) is 9.97 Å². The van der Waals surface area contributed by atoms with Crippen LogP contribution in [0, 0.1) is 6.92 Å². The summed E-state index contributed by atoms with van der Waals surface area (Å²) in [5.41, 5.74) is 4.33. The van der Waals surface area contributed by atoms with Gasteiger partial charge in [-0.2, -0.15) is 0 Å². The molecule has 1 N–H and O–H groups in total. The normalized spacial score (nSPS) is 12.7. The molecule has 25 heavy (non-hydrogen) atoms. The maximum atomic E-state index is 6.02. The molecule has 0 saturated carbocycles. The first-order valence-electron chi connectivity index (χ1n) is 8.49. The molecule has 0 saturated heterocycles. The van der Waals surface area contributed by atoms with E-state index in [2.05, 4.69) is 28.8 Å². The Balaban J connectivity index is 1.89. The van der Waals surface area contributed by atoms with E-state index in [-0.39, 0.29) is 6.79 Å². The Morgan fingerprint density at radius 1 is 1.28 bits per heavy atom. The van der Waals surface area contributed by atoms with E-state index in [1.807, 2.05) is 18.3 Å². The van der Waals surface area contributed by atoms with Crippen molar-refractivity contribution in [1.29, 1.82) is 0 Å². The average Bonchev–Trinajstić information content (AvgIpc) is 3.28. The quantitative estimate of drug-likeness (QED) is 0.690. The van der Waals surface area contributed by atoms with Crippen molar-refractivity contribution >= 4 is 11.0 Å². The molecule has 1 radical (unpaired) electrons. The smallest absolute Gasteiger partial charge is 0.231 e. The van der Waals surface area contributed by atoms with Crippen LogP contribution in [0.4, 0.5) is 0 Å². The molecular formula is C19H20N3O3. The van der Waals surface area contributed by atoms with Gasteiger partial charge < -0.3 is 19.2 Å². The number of hydrogen-bond donors (Lipinski definition) is 1. The molecule has 1 aliphatic rings. The lowest BCUT2D eigenvalue weighted by Gasteiger charge is -2.13. The number of rotatable bonds is 6. The van der Waals surface area contributed by atoms with Gasteiger partial charge in [-0.15, -0.1) is 0 Å². The molecule has 4 rings (SSSR count). The lowest BCUT2D eigenvalue weighted by atomic mass is 10.1. The van der Waals surface area contributed by atoms with Crippen molar-refractivity contribution in [3.63, 3.8) is 0 Å². The van der Waals surface area contributed by atoms with Crippen molar-refractivity contribution in [2.75, 3.05) is 13.4 Å². The summed E-state index contributed by atoms with van der Waals surface area (Å²) in [6.45, 7) is 6.94. The minimum atomic E-state index is 0.198. The van der Waals surface area contributed by atoms with Crippen LogP contribution >= 0.6 is 0 Å². The molecule has 0 bridgehead atoms. The second-order valence-electron chi connectivity index (χ2n) is 5.88. The summed E-state index contributed by atoms with van der Waals surface area (Å²) in [7, 11) is 0. The minimum absolute atomic E-state index is 0.198. The van der Waals surface area contributed by atoms with Crippen LogP contribution in [0.25, 0.3) is 22.3 Å². The third-order valence-corrected chi connectivity index (χ3v) is 4.30. The van der Waals surface area contributed by atoms with Gasteiger partial charge in [0.1, 0.15) is 17.8 Å². The summed E-state index contributed by atoms with van der Waals surface area (Å²) < 4.78 is 17.3. The number of fused-ring (bicyclic) bond motifs is 2. The van der Waals surface area contributed by atoms with Crippen LogP contribution in [-0.4, -0.2) is 28.4 Å². The molecule has 0 unspecified atom stereocenters. The number of aromatic amines is 1. The van der Waals surface area contributed by atoms with Gasteiger partial charge in [0, 0.05) is 6.20 Å². The highest BCUT2D eigenvalue weighted by molar-refractivity contribution is 5.95. The summed E-state index contributed by atoms with van der Waals surface area (Å²) in [6.07, 6.45) is 6.20. The van der Waals surface area contributed by atoms with Crippen molar-refractivity contribution < 1.29 is 14.2 Å². The number of ether oxygens (including phenoxy) is 3. The zero-order valence-electron chi connectivity index (χ0n) is 14.2. The Kier molecular flexibility index (Phi) is 4.17. The number of H-pyrrole nitrogens is 1. The summed E-state index contributed by atoms with van der Waals surface area (Å²) in [6, 6.07) is 3.79. The number of nitrogens with one attached hydrogen (secondary N) is 1. The van der Waals surface area contributed by atoms with Crippen LogP contribution in [0.3, 0.4) is 0 Å². The Labute approximate surface area is 146 Å². The zero-order chi connectivity index (χ0) is 17.2. The maximum Gasteiger partial charge on any atom is 0.231 e. The molecule has 3 aromatic rings. The van der Waals surface area contributed by atoms with Crippen molar-refractivity contribution in [2.45, 2.75) is 26.2 Å². The first kappa shape index (κ1) is 15.7. The summed E-state index contributed by atoms with van der Waals surface area (Å²) in [5, 5.41) is 0. The molecule has 1 aromatic carbocycles. The number of aromatic nitrogens is 3. The molecule has 0 aliphatic carbocycles. The number of benzene rings is 1. The average molecular weight is 338 g/mol. The number of nitrogens with zero attached hydrogens (tertiary/aromatic N) is 2. The molecule has 0 amide bonds. The summed E-state index contributed by atoms with van der Waals surface area (Å²) in [5.74, 6) is 2.11. The van der Waals surface area contributed by atoms with Crippen molar-refractivity contribution in [3.8, 4) is 28.5 Å². The topological polar surface area (TPSA) is 69.3 Å². The van der Waals surface area contributed by atoms with Crippen LogP contribution < -0.4 is 14.2 Å². The van der Waals surface area contributed by atoms with E-state index in [1.54, 1.807) is 6.33 Å². The molecule has 2 aromatic heterocycles. The molecule has 3 heterocycles. The lowest BCUT2D eigenvalue weighted by Crippen LogP contribution is -2.00. The van der Waals surface area contributed by atoms with Crippen LogP contribution in [0.5, 0.6) is 17.2 Å². The second kappa shape index (κ2) is 6.63. The third kappa shape index (κ3) is 2.67. The fourth-order valence-electron chi connectivity index (χ4n) is 3.00. The number of unbranched alkanes of at least 4 members (excludes halogenated alkanes) is 1. The predicted molar refractivity (Wildman–Crippen MR) is 94.9 cm³/mol. The highest BCUT2D eigenvalue weighted by atomic mass is 16.7. The number of hydrogen-bond acceptors (Lipinski definition) is 5. The Bertz CT molecular complexity index is 904. The molecule has 0 spiro atoms. The molecule has 6 nitrogen and oxygen atoms in total. The van der Waals surface area contributed by atoms with Gasteiger partial charge in [0.25, 0.3) is 0 Å². The van der Waals surface area contributed by atoms with Crippen molar-refractivity contribution in [3.05, 3.63) is 37.1 Å². The van der Waals surface area contributed by atoms with Crippen LogP contribution in [-0.2, 0) is 6.42 Å². The summed E-state index contributed by atoms with van der Waals surface area (Å²) >= 11 is 0. The van der Waals surface area contributed by atoms with E-state index in [0.717, 1.165) is 46.4 Å². The fourth-order valence-corrected chi connectivity index (χ4v) is 3.00. The lowest BCUT2D eigenvalue weighted by molar-refractivity contribution is 0.174. The predicted octanol–water partition coefficient (Wildman–Crippen LogP) is 3.91. The third-order valence-electron chi connectivity index (χ3n) is 4.30. The maximum absolute atomic E-state index is 6.02. The molecule has 6 heteroatoms.